The van der Waals surface area contributed by atoms with Crippen LogP contribution in [0.2, 0.25) is 5.02 Å². The van der Waals surface area contributed by atoms with Gasteiger partial charge < -0.3 is 14.6 Å². The van der Waals surface area contributed by atoms with Crippen molar-refractivity contribution < 1.29 is 14.6 Å². The molecule has 0 radical (unpaired) electrons. The molecular weight excluding hydrogens is 337 g/mol. The molecule has 0 saturated carbocycles. The number of aryl methyl sites for hydroxylation is 2. The van der Waals surface area contributed by atoms with Gasteiger partial charge in [0.1, 0.15) is 18.5 Å². The molecule has 2 rings (SSSR count). The Morgan fingerprint density at radius 1 is 1.26 bits per heavy atom. The first kappa shape index (κ1) is 20.5. The number of hydrogen-bond donors (Lipinski definition) is 1. The first-order valence-corrected chi connectivity index (χ1v) is 8.18. The zero-order chi connectivity index (χ0) is 16.3. The predicted octanol–water partition coefficient (Wildman–Crippen LogP) is 3.23. The Morgan fingerprint density at radius 3 is 2.30 bits per heavy atom. The van der Waals surface area contributed by atoms with E-state index < -0.39 is 6.10 Å². The van der Waals surface area contributed by atoms with Crippen LogP contribution in [0.3, 0.4) is 0 Å². The Labute approximate surface area is 150 Å². The summed E-state index contributed by atoms with van der Waals surface area (Å²) in [5.74, 6) is 0.752. The first-order valence-electron chi connectivity index (χ1n) is 7.80. The van der Waals surface area contributed by atoms with E-state index in [1.807, 2.05) is 26.0 Å². The maximum atomic E-state index is 10.2. The van der Waals surface area contributed by atoms with Gasteiger partial charge in [-0.05, 0) is 51.0 Å². The van der Waals surface area contributed by atoms with E-state index in [0.717, 1.165) is 35.0 Å². The van der Waals surface area contributed by atoms with Crippen molar-refractivity contribution in [3.8, 4) is 5.75 Å². The maximum absolute atomic E-state index is 10.2. The summed E-state index contributed by atoms with van der Waals surface area (Å²) in [6.45, 7) is 10.6. The molecule has 0 aliphatic carbocycles. The number of benzene rings is 1. The van der Waals surface area contributed by atoms with Gasteiger partial charge in [-0.25, -0.2) is 0 Å². The van der Waals surface area contributed by atoms with E-state index in [1.54, 1.807) is 0 Å². The molecule has 1 aliphatic heterocycles. The van der Waals surface area contributed by atoms with Gasteiger partial charge in [-0.15, -0.1) is 12.4 Å². The molecule has 0 aromatic heterocycles. The summed E-state index contributed by atoms with van der Waals surface area (Å²) in [5.41, 5.74) is 1.98. The fourth-order valence-electron chi connectivity index (χ4n) is 2.97. The fraction of sp³-hybridized carbons (Fsp3) is 0.647. The number of halogens is 2. The second kappa shape index (κ2) is 9.09. The summed E-state index contributed by atoms with van der Waals surface area (Å²) in [5, 5.41) is 11.0. The van der Waals surface area contributed by atoms with Crippen molar-refractivity contribution in [2.75, 3.05) is 26.2 Å². The number of β-amino-alcohol motifs (C(OH)–C–C–N with tert-alkyl or cyclic N) is 1. The van der Waals surface area contributed by atoms with Crippen LogP contribution in [-0.2, 0) is 4.74 Å². The van der Waals surface area contributed by atoms with Crippen LogP contribution in [0.25, 0.3) is 0 Å². The van der Waals surface area contributed by atoms with Crippen LogP contribution in [-0.4, -0.2) is 54.6 Å². The number of nitrogens with zero attached hydrogens (tertiary/aromatic N) is 1. The molecule has 1 aliphatic rings. The molecule has 1 heterocycles. The third-order valence-corrected chi connectivity index (χ3v) is 4.41. The van der Waals surface area contributed by atoms with E-state index in [-0.39, 0.29) is 31.2 Å². The summed E-state index contributed by atoms with van der Waals surface area (Å²) < 4.78 is 11.4. The molecule has 0 amide bonds. The van der Waals surface area contributed by atoms with Crippen molar-refractivity contribution in [1.82, 2.24) is 4.90 Å². The number of morpholine rings is 1. The highest BCUT2D eigenvalue weighted by Gasteiger charge is 2.23. The molecule has 1 saturated heterocycles. The van der Waals surface area contributed by atoms with Crippen molar-refractivity contribution >= 4 is 24.0 Å². The second-order valence-electron chi connectivity index (χ2n) is 6.31. The van der Waals surface area contributed by atoms with Gasteiger partial charge in [0.2, 0.25) is 0 Å². The predicted molar refractivity (Wildman–Crippen MR) is 96.1 cm³/mol. The van der Waals surface area contributed by atoms with Crippen molar-refractivity contribution in [2.45, 2.75) is 46.0 Å². The average molecular weight is 364 g/mol. The third-order valence-electron chi connectivity index (χ3n) is 3.82. The van der Waals surface area contributed by atoms with Crippen molar-refractivity contribution in [2.24, 2.45) is 0 Å². The molecule has 1 aromatic carbocycles. The van der Waals surface area contributed by atoms with E-state index in [1.165, 1.54) is 0 Å². The van der Waals surface area contributed by atoms with Crippen molar-refractivity contribution in [1.29, 1.82) is 0 Å². The van der Waals surface area contributed by atoms with Crippen LogP contribution < -0.4 is 4.74 Å². The molecular formula is C17H27Cl2NO3. The second-order valence-corrected chi connectivity index (χ2v) is 6.69. The third kappa shape index (κ3) is 6.12. The zero-order valence-corrected chi connectivity index (χ0v) is 15.8. The molecule has 4 nitrogen and oxygen atoms in total. The molecule has 1 aromatic rings. The van der Waals surface area contributed by atoms with E-state index in [4.69, 9.17) is 21.1 Å². The fourth-order valence-corrected chi connectivity index (χ4v) is 3.08. The van der Waals surface area contributed by atoms with Gasteiger partial charge in [-0.3, -0.25) is 4.90 Å². The lowest BCUT2D eigenvalue weighted by Gasteiger charge is -2.36. The van der Waals surface area contributed by atoms with Gasteiger partial charge in [0.25, 0.3) is 0 Å². The minimum atomic E-state index is -0.520. The normalized spacial score (nSPS) is 23.2. The largest absolute Gasteiger partial charge is 0.491 e. The van der Waals surface area contributed by atoms with E-state index in [0.29, 0.717) is 6.54 Å². The Hall–Kier alpha value is -0.520. The summed E-state index contributed by atoms with van der Waals surface area (Å²) in [6, 6.07) is 3.81. The number of aliphatic hydroxyl groups excluding tert-OH is 1. The van der Waals surface area contributed by atoms with E-state index in [9.17, 15) is 5.11 Å². The number of rotatable bonds is 5. The van der Waals surface area contributed by atoms with Crippen LogP contribution in [0.4, 0.5) is 0 Å². The lowest BCUT2D eigenvalue weighted by molar-refractivity contribution is -0.0786. The lowest BCUT2D eigenvalue weighted by Crippen LogP contribution is -2.48. The van der Waals surface area contributed by atoms with Crippen LogP contribution in [0.5, 0.6) is 5.75 Å². The highest BCUT2D eigenvalue weighted by Crippen LogP contribution is 2.26. The molecule has 23 heavy (non-hydrogen) atoms. The van der Waals surface area contributed by atoms with Crippen LogP contribution in [0.1, 0.15) is 25.0 Å². The molecule has 3 atom stereocenters. The molecule has 132 valence electrons. The Bertz CT molecular complexity index is 480. The van der Waals surface area contributed by atoms with Crippen molar-refractivity contribution in [3.63, 3.8) is 0 Å². The summed E-state index contributed by atoms with van der Waals surface area (Å²) >= 11 is 6.15. The van der Waals surface area contributed by atoms with E-state index >= 15 is 0 Å². The van der Waals surface area contributed by atoms with Crippen LogP contribution in [0, 0.1) is 13.8 Å². The Kier molecular flexibility index (Phi) is 8.11. The quantitative estimate of drug-likeness (QED) is 0.871. The summed E-state index contributed by atoms with van der Waals surface area (Å²) in [6.07, 6.45) is -0.106. The highest BCUT2D eigenvalue weighted by atomic mass is 35.5. The highest BCUT2D eigenvalue weighted by molar-refractivity contribution is 6.32. The molecule has 3 unspecified atom stereocenters. The van der Waals surface area contributed by atoms with E-state index in [2.05, 4.69) is 18.7 Å². The Morgan fingerprint density at radius 2 is 1.78 bits per heavy atom. The zero-order valence-electron chi connectivity index (χ0n) is 14.2. The number of aliphatic hydroxyl groups is 1. The summed E-state index contributed by atoms with van der Waals surface area (Å²) in [4.78, 5) is 2.23. The minimum Gasteiger partial charge on any atom is -0.491 e. The lowest BCUT2D eigenvalue weighted by atomic mass is 10.1. The first-order chi connectivity index (χ1) is 10.3. The SMILES string of the molecule is Cc1cc(OCC(O)CN2CC(C)OC(C)C2)cc(C)c1Cl.Cl. The van der Waals surface area contributed by atoms with Gasteiger partial charge in [0.05, 0.1) is 12.2 Å². The maximum Gasteiger partial charge on any atom is 0.120 e. The summed E-state index contributed by atoms with van der Waals surface area (Å²) in [7, 11) is 0. The molecule has 1 N–H and O–H groups in total. The van der Waals surface area contributed by atoms with Gasteiger partial charge >= 0.3 is 0 Å². The smallest absolute Gasteiger partial charge is 0.120 e. The molecule has 6 heteroatoms. The van der Waals surface area contributed by atoms with Crippen LogP contribution >= 0.6 is 24.0 Å². The standard InChI is InChI=1S/C17H26ClNO3.ClH/c1-11-5-16(6-12(2)17(11)18)21-10-15(20)9-19-7-13(3)22-14(4)8-19;/h5-6,13-15,20H,7-10H2,1-4H3;1H. The molecule has 0 spiro atoms. The van der Waals surface area contributed by atoms with Gasteiger partial charge in [0.15, 0.2) is 0 Å². The minimum absolute atomic E-state index is 0. The molecule has 0 bridgehead atoms. The van der Waals surface area contributed by atoms with Gasteiger partial charge in [-0.1, -0.05) is 11.6 Å². The topological polar surface area (TPSA) is 41.9 Å². The van der Waals surface area contributed by atoms with Crippen molar-refractivity contribution in [3.05, 3.63) is 28.3 Å². The monoisotopic (exact) mass is 363 g/mol. The number of ether oxygens (including phenoxy) is 2. The van der Waals surface area contributed by atoms with Gasteiger partial charge in [0, 0.05) is 24.7 Å². The number of hydrogen-bond acceptors (Lipinski definition) is 4. The average Bonchev–Trinajstić information content (AvgIpc) is 2.41. The van der Waals surface area contributed by atoms with Crippen LogP contribution in [0.15, 0.2) is 12.1 Å². The Balaban J connectivity index is 0.00000264. The van der Waals surface area contributed by atoms with Gasteiger partial charge in [-0.2, -0.15) is 0 Å². The molecule has 1 fully saturated rings.